The summed E-state index contributed by atoms with van der Waals surface area (Å²) in [6.45, 7) is 8.16. The molecule has 0 atom stereocenters. The van der Waals surface area contributed by atoms with Crippen LogP contribution in [0.5, 0.6) is 11.5 Å². The smallest absolute Gasteiger partial charge is 0.330 e. The third-order valence-corrected chi connectivity index (χ3v) is 7.24. The van der Waals surface area contributed by atoms with Crippen LogP contribution < -0.4 is 9.47 Å². The molecule has 0 spiro atoms. The highest BCUT2D eigenvalue weighted by atomic mass is 16.5. The topological polar surface area (TPSA) is 51.2 Å². The van der Waals surface area contributed by atoms with Crippen molar-refractivity contribution < 1.29 is 19.0 Å². The number of unbranched alkanes of at least 4 members (excludes halogenated alkanes) is 1. The molecule has 6 heteroatoms. The van der Waals surface area contributed by atoms with Gasteiger partial charge in [0.25, 0.3) is 0 Å². The molecule has 3 aromatic rings. The SMILES string of the molecule is CCOC(=O)C=CC=Cc1ccc(OCCCCN2CCN(C(c3ccccc3)c3ccccc3)CC2)c(OC)c1. The fourth-order valence-electron chi connectivity index (χ4n) is 5.15. The van der Waals surface area contributed by atoms with Crippen LogP contribution in [0.4, 0.5) is 0 Å². The van der Waals surface area contributed by atoms with E-state index in [9.17, 15) is 4.79 Å². The fourth-order valence-corrected chi connectivity index (χ4v) is 5.15. The van der Waals surface area contributed by atoms with E-state index < -0.39 is 0 Å². The lowest BCUT2D eigenvalue weighted by atomic mass is 9.96. The third kappa shape index (κ3) is 9.34. The van der Waals surface area contributed by atoms with E-state index in [1.165, 1.54) is 17.2 Å². The number of carbonyl (C=O) groups is 1. The van der Waals surface area contributed by atoms with Gasteiger partial charge >= 0.3 is 5.97 Å². The number of rotatable bonds is 14. The molecule has 0 bridgehead atoms. The summed E-state index contributed by atoms with van der Waals surface area (Å²) in [7, 11) is 1.65. The number of hydrogen-bond donors (Lipinski definition) is 0. The summed E-state index contributed by atoms with van der Waals surface area (Å²) in [4.78, 5) is 16.6. The first-order valence-electron chi connectivity index (χ1n) is 14.6. The van der Waals surface area contributed by atoms with Crippen LogP contribution in [0.25, 0.3) is 6.08 Å². The van der Waals surface area contributed by atoms with Crippen molar-refractivity contribution in [2.45, 2.75) is 25.8 Å². The molecular weight excluding hydrogens is 512 g/mol. The van der Waals surface area contributed by atoms with Crippen LogP contribution in [-0.2, 0) is 9.53 Å². The van der Waals surface area contributed by atoms with Gasteiger partial charge in [0.05, 0.1) is 26.4 Å². The van der Waals surface area contributed by atoms with Gasteiger partial charge in [-0.1, -0.05) is 85.0 Å². The van der Waals surface area contributed by atoms with Crippen molar-refractivity contribution in [3.05, 3.63) is 114 Å². The lowest BCUT2D eigenvalue weighted by molar-refractivity contribution is -0.137. The molecule has 1 aliphatic heterocycles. The number of ether oxygens (including phenoxy) is 3. The van der Waals surface area contributed by atoms with Crippen LogP contribution in [0.2, 0.25) is 0 Å². The van der Waals surface area contributed by atoms with Crippen molar-refractivity contribution >= 4 is 12.0 Å². The summed E-state index contributed by atoms with van der Waals surface area (Å²) in [6.07, 6.45) is 8.86. The molecule has 0 aromatic heterocycles. The third-order valence-electron chi connectivity index (χ3n) is 7.24. The lowest BCUT2D eigenvalue weighted by Crippen LogP contribution is -2.48. The molecule has 1 fully saturated rings. The minimum atomic E-state index is -0.347. The Labute approximate surface area is 244 Å². The Morgan fingerprint density at radius 2 is 1.54 bits per heavy atom. The Kier molecular flexibility index (Phi) is 12.0. The highest BCUT2D eigenvalue weighted by Crippen LogP contribution is 2.30. The van der Waals surface area contributed by atoms with E-state index in [0.29, 0.717) is 25.0 Å². The molecule has 3 aromatic carbocycles. The van der Waals surface area contributed by atoms with Crippen molar-refractivity contribution in [2.75, 3.05) is 53.0 Å². The van der Waals surface area contributed by atoms with Gasteiger partial charge in [0.15, 0.2) is 11.5 Å². The lowest BCUT2D eigenvalue weighted by Gasteiger charge is -2.39. The van der Waals surface area contributed by atoms with Crippen LogP contribution in [0.15, 0.2) is 97.1 Å². The largest absolute Gasteiger partial charge is 0.493 e. The van der Waals surface area contributed by atoms with Gasteiger partial charge in [0.2, 0.25) is 0 Å². The number of allylic oxidation sites excluding steroid dienone is 2. The summed E-state index contributed by atoms with van der Waals surface area (Å²) >= 11 is 0. The van der Waals surface area contributed by atoms with Gasteiger partial charge in [0, 0.05) is 32.3 Å². The molecule has 1 saturated heterocycles. The number of nitrogens with zero attached hydrogens (tertiary/aromatic N) is 2. The molecule has 41 heavy (non-hydrogen) atoms. The molecule has 0 aliphatic carbocycles. The van der Waals surface area contributed by atoms with E-state index >= 15 is 0 Å². The molecule has 216 valence electrons. The molecule has 0 saturated carbocycles. The Morgan fingerprint density at radius 3 is 2.17 bits per heavy atom. The number of esters is 1. The van der Waals surface area contributed by atoms with Crippen LogP contribution in [-0.4, -0.2) is 68.8 Å². The summed E-state index contributed by atoms with van der Waals surface area (Å²) in [5.41, 5.74) is 3.67. The van der Waals surface area contributed by atoms with Gasteiger partial charge in [-0.15, -0.1) is 0 Å². The summed E-state index contributed by atoms with van der Waals surface area (Å²) < 4.78 is 16.5. The Bertz CT molecular complexity index is 1210. The average Bonchev–Trinajstić information content (AvgIpc) is 3.01. The van der Waals surface area contributed by atoms with E-state index in [4.69, 9.17) is 14.2 Å². The standard InChI is InChI=1S/C35H42N2O4/c1-3-40-34(38)19-11-10-14-29-20-21-32(33(28-29)39-2)41-27-13-12-22-36-23-25-37(26-24-36)35(30-15-6-4-7-16-30)31-17-8-5-9-18-31/h4-11,14-21,28,35H,3,12-13,22-27H2,1-2H3. The maximum atomic E-state index is 11.4. The molecule has 0 amide bonds. The summed E-state index contributed by atoms with van der Waals surface area (Å²) in [5.74, 6) is 1.10. The predicted octanol–water partition coefficient (Wildman–Crippen LogP) is 6.39. The minimum absolute atomic E-state index is 0.297. The van der Waals surface area contributed by atoms with E-state index in [0.717, 1.165) is 56.9 Å². The van der Waals surface area contributed by atoms with Gasteiger partial charge in [0.1, 0.15) is 0 Å². The number of benzene rings is 3. The quantitative estimate of drug-likeness (QED) is 0.0996. The fraction of sp³-hybridized carbons (Fsp3) is 0.343. The zero-order valence-corrected chi connectivity index (χ0v) is 24.3. The zero-order valence-electron chi connectivity index (χ0n) is 24.3. The Balaban J connectivity index is 1.20. The number of methoxy groups -OCH3 is 1. The van der Waals surface area contributed by atoms with E-state index in [2.05, 4.69) is 70.5 Å². The van der Waals surface area contributed by atoms with Gasteiger partial charge in [-0.2, -0.15) is 0 Å². The Hall–Kier alpha value is -3.87. The monoisotopic (exact) mass is 554 g/mol. The normalized spacial score (nSPS) is 14.6. The summed E-state index contributed by atoms with van der Waals surface area (Å²) in [6, 6.07) is 27.9. The van der Waals surface area contributed by atoms with E-state index in [1.807, 2.05) is 24.3 Å². The second-order valence-electron chi connectivity index (χ2n) is 10.0. The first kappa shape index (κ1) is 30.1. The second kappa shape index (κ2) is 16.4. The number of piperazine rings is 1. The summed E-state index contributed by atoms with van der Waals surface area (Å²) in [5, 5.41) is 0. The maximum Gasteiger partial charge on any atom is 0.330 e. The molecule has 1 heterocycles. The van der Waals surface area contributed by atoms with Crippen molar-refractivity contribution in [1.82, 2.24) is 9.80 Å². The first-order valence-corrected chi connectivity index (χ1v) is 14.6. The van der Waals surface area contributed by atoms with E-state index in [1.54, 1.807) is 26.2 Å². The molecule has 1 aliphatic rings. The van der Waals surface area contributed by atoms with Gasteiger partial charge < -0.3 is 19.1 Å². The maximum absolute atomic E-state index is 11.4. The predicted molar refractivity (Wildman–Crippen MR) is 165 cm³/mol. The van der Waals surface area contributed by atoms with Crippen LogP contribution in [0.1, 0.15) is 42.5 Å². The van der Waals surface area contributed by atoms with Gasteiger partial charge in [-0.05, 0) is 55.1 Å². The number of hydrogen-bond acceptors (Lipinski definition) is 6. The highest BCUT2D eigenvalue weighted by Gasteiger charge is 2.26. The molecule has 0 N–H and O–H groups in total. The van der Waals surface area contributed by atoms with Gasteiger partial charge in [-0.3, -0.25) is 4.90 Å². The van der Waals surface area contributed by atoms with E-state index in [-0.39, 0.29) is 5.97 Å². The highest BCUT2D eigenvalue weighted by molar-refractivity contribution is 5.82. The van der Waals surface area contributed by atoms with Gasteiger partial charge in [-0.25, -0.2) is 4.79 Å². The molecule has 6 nitrogen and oxygen atoms in total. The molecule has 0 radical (unpaired) electrons. The Morgan fingerprint density at radius 1 is 0.854 bits per heavy atom. The molecule has 4 rings (SSSR count). The van der Waals surface area contributed by atoms with Crippen LogP contribution in [0, 0.1) is 0 Å². The zero-order chi connectivity index (χ0) is 28.7. The van der Waals surface area contributed by atoms with Crippen LogP contribution >= 0.6 is 0 Å². The average molecular weight is 555 g/mol. The first-order chi connectivity index (χ1) is 20.2. The minimum Gasteiger partial charge on any atom is -0.493 e. The van der Waals surface area contributed by atoms with Crippen molar-refractivity contribution in [2.24, 2.45) is 0 Å². The van der Waals surface area contributed by atoms with Crippen molar-refractivity contribution in [3.8, 4) is 11.5 Å². The second-order valence-corrected chi connectivity index (χ2v) is 10.0. The molecule has 0 unspecified atom stereocenters. The van der Waals surface area contributed by atoms with Crippen molar-refractivity contribution in [3.63, 3.8) is 0 Å². The van der Waals surface area contributed by atoms with Crippen molar-refractivity contribution in [1.29, 1.82) is 0 Å². The number of carbonyl (C=O) groups excluding carboxylic acids is 1. The van der Waals surface area contributed by atoms with Crippen LogP contribution in [0.3, 0.4) is 0 Å². The molecular formula is C35H42N2O4.